The van der Waals surface area contributed by atoms with Gasteiger partial charge >= 0.3 is 0 Å². The van der Waals surface area contributed by atoms with Crippen LogP contribution in [-0.2, 0) is 0 Å². The number of aliphatic hydroxyl groups excluding tert-OH is 1. The Bertz CT molecular complexity index is 450. The average molecular weight is 205 g/mol. The lowest BCUT2D eigenvalue weighted by atomic mass is 10.1. The fourth-order valence-electron chi connectivity index (χ4n) is 0.911. The smallest absolute Gasteiger partial charge is 0.171 e. The molecule has 0 aliphatic heterocycles. The Kier molecular flexibility index (Phi) is 3.12. The molecule has 0 heterocycles. The van der Waals surface area contributed by atoms with Crippen LogP contribution in [0.15, 0.2) is 29.8 Å². The zero-order valence-corrected chi connectivity index (χ0v) is 7.78. The van der Waals surface area contributed by atoms with Crippen molar-refractivity contribution in [1.82, 2.24) is 0 Å². The van der Waals surface area contributed by atoms with E-state index in [4.69, 9.17) is 22.1 Å². The minimum absolute atomic E-state index is 0.327. The van der Waals surface area contributed by atoms with Crippen molar-refractivity contribution in [3.8, 4) is 12.1 Å². The number of aliphatic hydroxyl groups is 1. The van der Waals surface area contributed by atoms with Crippen LogP contribution < -0.4 is 0 Å². The molecule has 0 spiro atoms. The summed E-state index contributed by atoms with van der Waals surface area (Å²) in [6, 6.07) is 9.49. The highest BCUT2D eigenvalue weighted by Gasteiger charge is 2.06. The van der Waals surface area contributed by atoms with Crippen molar-refractivity contribution in [2.75, 3.05) is 0 Å². The normalized spacial score (nSPS) is 8.50. The molecule has 1 N–H and O–H groups in total. The lowest BCUT2D eigenvalue weighted by molar-refractivity contribution is 0.510. The van der Waals surface area contributed by atoms with Crippen molar-refractivity contribution in [3.05, 3.63) is 40.4 Å². The Morgan fingerprint density at radius 3 is 2.43 bits per heavy atom. The monoisotopic (exact) mass is 204 g/mol. The lowest BCUT2D eigenvalue weighted by Gasteiger charge is -1.99. The number of rotatable bonds is 1. The van der Waals surface area contributed by atoms with Gasteiger partial charge in [-0.05, 0) is 12.1 Å². The number of hydrogen-bond donors (Lipinski definition) is 1. The van der Waals surface area contributed by atoms with Crippen LogP contribution in [0.4, 0.5) is 0 Å². The Balaban J connectivity index is 3.27. The maximum absolute atomic E-state index is 9.48. The number of hydrogen-bond acceptors (Lipinski definition) is 3. The van der Waals surface area contributed by atoms with Crippen molar-refractivity contribution >= 4 is 17.4 Å². The third-order valence-corrected chi connectivity index (χ3v) is 1.79. The summed E-state index contributed by atoms with van der Waals surface area (Å²) in [6.45, 7) is 0. The Hall–Kier alpha value is -1.97. The second-order valence-electron chi connectivity index (χ2n) is 2.46. The largest absolute Gasteiger partial charge is 0.505 e. The van der Waals surface area contributed by atoms with Crippen molar-refractivity contribution in [2.24, 2.45) is 0 Å². The van der Waals surface area contributed by atoms with Crippen molar-refractivity contribution in [1.29, 1.82) is 10.5 Å². The van der Waals surface area contributed by atoms with Gasteiger partial charge in [0.25, 0.3) is 0 Å². The van der Waals surface area contributed by atoms with Gasteiger partial charge in [-0.25, -0.2) is 0 Å². The highest BCUT2D eigenvalue weighted by Crippen LogP contribution is 2.19. The molecule has 0 aliphatic carbocycles. The predicted octanol–water partition coefficient (Wildman–Crippen LogP) is 2.66. The van der Waals surface area contributed by atoms with E-state index in [2.05, 4.69) is 0 Å². The van der Waals surface area contributed by atoms with Gasteiger partial charge in [-0.3, -0.25) is 0 Å². The highest BCUT2D eigenvalue weighted by molar-refractivity contribution is 6.30. The minimum Gasteiger partial charge on any atom is -0.505 e. The third-order valence-electron chi connectivity index (χ3n) is 1.56. The van der Waals surface area contributed by atoms with E-state index < -0.39 is 0 Å². The summed E-state index contributed by atoms with van der Waals surface area (Å²) in [7, 11) is 0. The molecule has 0 atom stereocenters. The van der Waals surface area contributed by atoms with E-state index in [9.17, 15) is 5.11 Å². The molecule has 0 saturated heterocycles. The molecule has 0 bridgehead atoms. The summed E-state index contributed by atoms with van der Waals surface area (Å²) in [5.74, 6) is -0.350. The fraction of sp³-hybridized carbons (Fsp3) is 0. The molecule has 14 heavy (non-hydrogen) atoms. The van der Waals surface area contributed by atoms with E-state index in [1.807, 2.05) is 0 Å². The molecule has 1 rings (SSSR count). The van der Waals surface area contributed by atoms with Crippen LogP contribution in [0.5, 0.6) is 0 Å². The predicted molar refractivity (Wildman–Crippen MR) is 52.2 cm³/mol. The summed E-state index contributed by atoms with van der Waals surface area (Å²) in [6.07, 6.45) is 0. The summed E-state index contributed by atoms with van der Waals surface area (Å²) in [4.78, 5) is 0. The van der Waals surface area contributed by atoms with Crippen molar-refractivity contribution in [3.63, 3.8) is 0 Å². The van der Waals surface area contributed by atoms with E-state index in [1.165, 1.54) is 6.07 Å². The second-order valence-corrected chi connectivity index (χ2v) is 2.89. The van der Waals surface area contributed by atoms with E-state index in [-0.39, 0.29) is 11.3 Å². The van der Waals surface area contributed by atoms with Crippen LogP contribution in [0.2, 0.25) is 5.02 Å². The zero-order chi connectivity index (χ0) is 10.6. The Morgan fingerprint density at radius 2 is 1.93 bits per heavy atom. The van der Waals surface area contributed by atoms with Gasteiger partial charge in [-0.2, -0.15) is 10.5 Å². The van der Waals surface area contributed by atoms with E-state index in [0.717, 1.165) is 0 Å². The first kappa shape index (κ1) is 10.1. The Labute approximate surface area is 86.1 Å². The molecule has 0 aliphatic rings. The molecule has 0 saturated carbocycles. The molecule has 0 amide bonds. The van der Waals surface area contributed by atoms with Gasteiger partial charge in [0, 0.05) is 10.6 Å². The number of nitriles is 2. The van der Waals surface area contributed by atoms with Crippen LogP contribution in [0, 0.1) is 22.7 Å². The summed E-state index contributed by atoms with van der Waals surface area (Å²) in [5, 5.41) is 26.9. The maximum Gasteiger partial charge on any atom is 0.171 e. The molecule has 1 aromatic carbocycles. The van der Waals surface area contributed by atoms with Crippen molar-refractivity contribution in [2.45, 2.75) is 0 Å². The summed E-state index contributed by atoms with van der Waals surface area (Å²) >= 11 is 5.68. The Morgan fingerprint density at radius 1 is 1.29 bits per heavy atom. The van der Waals surface area contributed by atoms with Gasteiger partial charge < -0.3 is 5.11 Å². The highest BCUT2D eigenvalue weighted by atomic mass is 35.5. The average Bonchev–Trinajstić information content (AvgIpc) is 2.19. The van der Waals surface area contributed by atoms with Crippen LogP contribution in [-0.4, -0.2) is 5.11 Å². The molecule has 3 nitrogen and oxygen atoms in total. The van der Waals surface area contributed by atoms with Gasteiger partial charge in [-0.1, -0.05) is 23.7 Å². The number of halogens is 1. The molecule has 0 unspecified atom stereocenters. The number of nitrogens with zero attached hydrogens (tertiary/aromatic N) is 2. The van der Waals surface area contributed by atoms with Gasteiger partial charge in [0.1, 0.15) is 12.1 Å². The van der Waals surface area contributed by atoms with Crippen LogP contribution in [0.3, 0.4) is 0 Å². The standard InChI is InChI=1S/C10H5ClN2O/c11-9-3-1-2-7(4-9)10(14)8(5-12)6-13/h1-4,14H. The molecule has 0 aromatic heterocycles. The fourth-order valence-corrected chi connectivity index (χ4v) is 1.10. The molecule has 1 aromatic rings. The first-order valence-corrected chi connectivity index (χ1v) is 4.06. The first-order valence-electron chi connectivity index (χ1n) is 3.68. The topological polar surface area (TPSA) is 67.8 Å². The van der Waals surface area contributed by atoms with Crippen LogP contribution in [0.25, 0.3) is 5.76 Å². The number of benzene rings is 1. The van der Waals surface area contributed by atoms with Crippen LogP contribution in [0.1, 0.15) is 5.56 Å². The molecular formula is C10H5ClN2O. The maximum atomic E-state index is 9.48. The van der Waals surface area contributed by atoms with E-state index >= 15 is 0 Å². The molecule has 0 fully saturated rings. The first-order chi connectivity index (χ1) is 6.69. The summed E-state index contributed by atoms with van der Waals surface area (Å²) < 4.78 is 0. The van der Waals surface area contributed by atoms with E-state index in [1.54, 1.807) is 30.3 Å². The second kappa shape index (κ2) is 4.32. The molecule has 0 radical (unpaired) electrons. The van der Waals surface area contributed by atoms with Gasteiger partial charge in [-0.15, -0.1) is 0 Å². The molecule has 4 heteroatoms. The van der Waals surface area contributed by atoms with Crippen molar-refractivity contribution < 1.29 is 5.11 Å². The number of allylic oxidation sites excluding steroid dienone is 1. The van der Waals surface area contributed by atoms with Crippen LogP contribution >= 0.6 is 11.6 Å². The quantitative estimate of drug-likeness (QED) is 0.565. The molecular weight excluding hydrogens is 200 g/mol. The van der Waals surface area contributed by atoms with Gasteiger partial charge in [0.2, 0.25) is 0 Å². The molecule has 68 valence electrons. The van der Waals surface area contributed by atoms with E-state index in [0.29, 0.717) is 10.6 Å². The minimum atomic E-state index is -0.350. The third kappa shape index (κ3) is 2.04. The lowest BCUT2D eigenvalue weighted by Crippen LogP contribution is -1.87. The van der Waals surface area contributed by atoms with Gasteiger partial charge in [0.05, 0.1) is 0 Å². The van der Waals surface area contributed by atoms with Gasteiger partial charge in [0.15, 0.2) is 11.3 Å². The summed E-state index contributed by atoms with van der Waals surface area (Å²) in [5.41, 5.74) is 0.0304. The SMILES string of the molecule is N#CC(C#N)=C(O)c1cccc(Cl)c1. The zero-order valence-electron chi connectivity index (χ0n) is 7.03.